The van der Waals surface area contributed by atoms with Gasteiger partial charge in [0, 0.05) is 6.54 Å². The molecule has 0 saturated carbocycles. The molecule has 14 heavy (non-hydrogen) atoms. The topological polar surface area (TPSA) is 12.0 Å². The molecule has 78 valence electrons. The number of thiocarbonyl (C=S) groups is 1. The van der Waals surface area contributed by atoms with Gasteiger partial charge >= 0.3 is 29.6 Å². The second-order valence-corrected chi connectivity index (χ2v) is 4.89. The van der Waals surface area contributed by atoms with Crippen LogP contribution in [0.1, 0.15) is 46.0 Å². The summed E-state index contributed by atoms with van der Waals surface area (Å²) in [6, 6.07) is 0. The zero-order chi connectivity index (χ0) is 10.1. The molecule has 1 N–H and O–H groups in total. The molecule has 0 aliphatic carbocycles. The maximum Gasteiger partial charge on any atom is 1.00 e. The first-order valence-corrected chi connectivity index (χ1v) is 5.89. The molecule has 0 aromatic rings. The van der Waals surface area contributed by atoms with Gasteiger partial charge in [-0.2, -0.15) is 0 Å². The van der Waals surface area contributed by atoms with Gasteiger partial charge < -0.3 is 30.2 Å². The SMILES string of the molecule is CC(C)CCCCCCNC(=S)[S-].[Na+]. The minimum absolute atomic E-state index is 0. The van der Waals surface area contributed by atoms with Crippen LogP contribution in [0.3, 0.4) is 0 Å². The van der Waals surface area contributed by atoms with Crippen LogP contribution in [0.15, 0.2) is 0 Å². The molecule has 0 spiro atoms. The Kier molecular flexibility index (Phi) is 15.2. The van der Waals surface area contributed by atoms with Crippen LogP contribution in [-0.4, -0.2) is 10.9 Å². The smallest absolute Gasteiger partial charge is 0.412 e. The minimum Gasteiger partial charge on any atom is -0.412 e. The third-order valence-corrected chi connectivity index (χ3v) is 2.27. The molecule has 0 aromatic heterocycles. The first-order chi connectivity index (χ1) is 6.13. The monoisotopic (exact) mass is 241 g/mol. The predicted molar refractivity (Wildman–Crippen MR) is 65.9 cm³/mol. The zero-order valence-corrected chi connectivity index (χ0v) is 13.3. The van der Waals surface area contributed by atoms with Gasteiger partial charge in [-0.3, -0.25) is 0 Å². The van der Waals surface area contributed by atoms with Crippen LogP contribution in [0, 0.1) is 5.92 Å². The molecule has 0 rings (SSSR count). The van der Waals surface area contributed by atoms with Crippen molar-refractivity contribution in [3.05, 3.63) is 0 Å². The molecule has 0 heterocycles. The van der Waals surface area contributed by atoms with Crippen molar-refractivity contribution in [2.45, 2.75) is 46.0 Å². The first-order valence-electron chi connectivity index (χ1n) is 5.07. The van der Waals surface area contributed by atoms with Gasteiger partial charge in [0.1, 0.15) is 0 Å². The van der Waals surface area contributed by atoms with E-state index in [9.17, 15) is 0 Å². The van der Waals surface area contributed by atoms with E-state index in [-0.39, 0.29) is 29.6 Å². The summed E-state index contributed by atoms with van der Waals surface area (Å²) >= 11 is 9.47. The van der Waals surface area contributed by atoms with Gasteiger partial charge in [-0.25, -0.2) is 0 Å². The van der Waals surface area contributed by atoms with Crippen molar-refractivity contribution in [2.75, 3.05) is 6.54 Å². The number of unbranched alkanes of at least 4 members (excludes halogenated alkanes) is 3. The second kappa shape index (κ2) is 12.2. The van der Waals surface area contributed by atoms with E-state index in [2.05, 4.69) is 19.2 Å². The van der Waals surface area contributed by atoms with Crippen molar-refractivity contribution >= 4 is 29.2 Å². The number of rotatable bonds is 7. The molecule has 0 aliphatic rings. The zero-order valence-electron chi connectivity index (χ0n) is 9.64. The predicted octanol–water partition coefficient (Wildman–Crippen LogP) is 0.0183. The summed E-state index contributed by atoms with van der Waals surface area (Å²) in [5, 5.41) is 2.99. The molecule has 0 fully saturated rings. The maximum absolute atomic E-state index is 4.73. The summed E-state index contributed by atoms with van der Waals surface area (Å²) in [4.78, 5) is 0. The summed E-state index contributed by atoms with van der Waals surface area (Å²) < 4.78 is 0.502. The Morgan fingerprint density at radius 2 is 1.79 bits per heavy atom. The van der Waals surface area contributed by atoms with Crippen LogP contribution < -0.4 is 34.9 Å². The Hall–Kier alpha value is 1.11. The van der Waals surface area contributed by atoms with Gasteiger partial charge in [0.05, 0.1) is 0 Å². The van der Waals surface area contributed by atoms with E-state index in [1.807, 2.05) is 0 Å². The molecule has 4 heteroatoms. The van der Waals surface area contributed by atoms with Crippen LogP contribution in [0.2, 0.25) is 0 Å². The summed E-state index contributed by atoms with van der Waals surface area (Å²) in [5.74, 6) is 0.846. The Labute approximate surface area is 122 Å². The van der Waals surface area contributed by atoms with Crippen LogP contribution >= 0.6 is 12.2 Å². The molecular formula is C10H20NNaS2. The standard InChI is InChI=1S/C10H21NS2.Na/c1-9(2)7-5-3-4-6-8-11-10(12)13;/h9H,3-8H2,1-2H3,(H2,11,12,13);/q;+1/p-1. The molecule has 0 atom stereocenters. The Morgan fingerprint density at radius 3 is 2.29 bits per heavy atom. The normalized spacial score (nSPS) is 9.64. The summed E-state index contributed by atoms with van der Waals surface area (Å²) in [7, 11) is 0. The van der Waals surface area contributed by atoms with E-state index in [0.717, 1.165) is 12.5 Å². The van der Waals surface area contributed by atoms with Crippen molar-refractivity contribution in [1.82, 2.24) is 5.32 Å². The van der Waals surface area contributed by atoms with E-state index < -0.39 is 0 Å². The Morgan fingerprint density at radius 1 is 1.21 bits per heavy atom. The first kappa shape index (κ1) is 17.5. The van der Waals surface area contributed by atoms with Gasteiger partial charge in [-0.05, 0) is 12.3 Å². The van der Waals surface area contributed by atoms with E-state index in [1.54, 1.807) is 0 Å². The fourth-order valence-electron chi connectivity index (χ4n) is 1.22. The van der Waals surface area contributed by atoms with Crippen molar-refractivity contribution in [1.29, 1.82) is 0 Å². The molecule has 1 nitrogen and oxygen atoms in total. The summed E-state index contributed by atoms with van der Waals surface area (Å²) in [6.45, 7) is 5.50. The molecule has 0 radical (unpaired) electrons. The molecule has 0 bridgehead atoms. The Bertz CT molecular complexity index is 140. The Balaban J connectivity index is 0. The maximum atomic E-state index is 4.73. The van der Waals surface area contributed by atoms with Crippen molar-refractivity contribution in [3.63, 3.8) is 0 Å². The summed E-state index contributed by atoms with van der Waals surface area (Å²) in [6.07, 6.45) is 6.53. The van der Waals surface area contributed by atoms with Crippen molar-refractivity contribution in [3.8, 4) is 0 Å². The van der Waals surface area contributed by atoms with Gasteiger partial charge in [0.15, 0.2) is 0 Å². The van der Waals surface area contributed by atoms with Crippen LogP contribution in [0.25, 0.3) is 0 Å². The number of hydrogen-bond acceptors (Lipinski definition) is 2. The van der Waals surface area contributed by atoms with Gasteiger partial charge in [-0.1, -0.05) is 43.9 Å². The van der Waals surface area contributed by atoms with Crippen LogP contribution in [0.5, 0.6) is 0 Å². The van der Waals surface area contributed by atoms with E-state index in [4.69, 9.17) is 24.8 Å². The molecule has 0 aliphatic heterocycles. The van der Waals surface area contributed by atoms with Gasteiger partial charge in [0.2, 0.25) is 0 Å². The van der Waals surface area contributed by atoms with E-state index in [1.165, 1.54) is 32.1 Å². The third kappa shape index (κ3) is 15.6. The molecule has 0 aromatic carbocycles. The quantitative estimate of drug-likeness (QED) is 0.292. The van der Waals surface area contributed by atoms with Crippen molar-refractivity contribution < 1.29 is 29.6 Å². The third-order valence-electron chi connectivity index (χ3n) is 1.98. The van der Waals surface area contributed by atoms with Gasteiger partial charge in [0.25, 0.3) is 0 Å². The average Bonchev–Trinajstić information content (AvgIpc) is 2.01. The van der Waals surface area contributed by atoms with Crippen molar-refractivity contribution in [2.24, 2.45) is 5.92 Å². The molecule has 0 saturated heterocycles. The molecule has 0 unspecified atom stereocenters. The van der Waals surface area contributed by atoms with Crippen LogP contribution in [-0.2, 0) is 12.6 Å². The largest absolute Gasteiger partial charge is 1.00 e. The van der Waals surface area contributed by atoms with E-state index >= 15 is 0 Å². The minimum atomic E-state index is 0. The second-order valence-electron chi connectivity index (χ2n) is 3.81. The summed E-state index contributed by atoms with van der Waals surface area (Å²) in [5.41, 5.74) is 0. The molecule has 0 amide bonds. The van der Waals surface area contributed by atoms with E-state index in [0.29, 0.717) is 4.32 Å². The fourth-order valence-corrected chi connectivity index (χ4v) is 1.43. The fraction of sp³-hybridized carbons (Fsp3) is 0.900. The van der Waals surface area contributed by atoms with Crippen LogP contribution in [0.4, 0.5) is 0 Å². The number of nitrogens with one attached hydrogen (secondary N) is 1. The average molecular weight is 241 g/mol. The number of hydrogen-bond donors (Lipinski definition) is 1. The molecular weight excluding hydrogens is 221 g/mol. The van der Waals surface area contributed by atoms with Gasteiger partial charge in [-0.15, -0.1) is 0 Å².